The molecule has 0 bridgehead atoms. The van der Waals surface area contributed by atoms with Gasteiger partial charge in [0.1, 0.15) is 0 Å². The lowest BCUT2D eigenvalue weighted by Gasteiger charge is -2.27. The molecular formula is C18H40O2. The summed E-state index contributed by atoms with van der Waals surface area (Å²) < 4.78 is 10.9. The minimum absolute atomic E-state index is 0.813. The Balaban J connectivity index is 0. The van der Waals surface area contributed by atoms with Gasteiger partial charge in [-0.05, 0) is 51.4 Å². The van der Waals surface area contributed by atoms with Gasteiger partial charge >= 0.3 is 0 Å². The van der Waals surface area contributed by atoms with Gasteiger partial charge in [-0.15, -0.1) is 0 Å². The van der Waals surface area contributed by atoms with Crippen molar-refractivity contribution in [2.75, 3.05) is 26.4 Å². The first-order valence-electron chi connectivity index (χ1n) is 8.85. The fourth-order valence-electron chi connectivity index (χ4n) is 2.13. The van der Waals surface area contributed by atoms with Crippen molar-refractivity contribution in [1.29, 1.82) is 0 Å². The van der Waals surface area contributed by atoms with Crippen LogP contribution in [-0.4, -0.2) is 26.4 Å². The highest BCUT2D eigenvalue weighted by Crippen LogP contribution is 2.28. The van der Waals surface area contributed by atoms with Gasteiger partial charge in [0.15, 0.2) is 0 Å². The molecule has 0 amide bonds. The molecule has 1 aliphatic carbocycles. The molecule has 1 saturated carbocycles. The molecule has 1 aliphatic rings. The maximum Gasteiger partial charge on any atom is 0.0494 e. The predicted molar refractivity (Wildman–Crippen MR) is 90.4 cm³/mol. The SMILES string of the molecule is CCC.CCC.CCOCC1CCC(COCC)CC1. The molecule has 0 atom stereocenters. The third kappa shape index (κ3) is 16.0. The quantitative estimate of drug-likeness (QED) is 0.624. The van der Waals surface area contributed by atoms with E-state index in [0.29, 0.717) is 0 Å². The van der Waals surface area contributed by atoms with Gasteiger partial charge in [0.25, 0.3) is 0 Å². The Labute approximate surface area is 128 Å². The van der Waals surface area contributed by atoms with E-state index in [0.717, 1.165) is 38.3 Å². The molecule has 0 aromatic carbocycles. The predicted octanol–water partition coefficient (Wildman–Crippen LogP) is 5.70. The molecule has 0 aromatic rings. The molecule has 1 fully saturated rings. The van der Waals surface area contributed by atoms with Crippen LogP contribution < -0.4 is 0 Å². The molecule has 2 heteroatoms. The lowest BCUT2D eigenvalue weighted by atomic mass is 9.83. The molecule has 20 heavy (non-hydrogen) atoms. The highest BCUT2D eigenvalue weighted by Gasteiger charge is 2.20. The molecule has 2 nitrogen and oxygen atoms in total. The monoisotopic (exact) mass is 288 g/mol. The number of ether oxygens (including phenoxy) is 2. The lowest BCUT2D eigenvalue weighted by Crippen LogP contribution is -2.21. The summed E-state index contributed by atoms with van der Waals surface area (Å²) in [5, 5.41) is 0. The van der Waals surface area contributed by atoms with Crippen molar-refractivity contribution >= 4 is 0 Å². The van der Waals surface area contributed by atoms with Gasteiger partial charge < -0.3 is 9.47 Å². The highest BCUT2D eigenvalue weighted by atomic mass is 16.5. The van der Waals surface area contributed by atoms with Gasteiger partial charge in [-0.2, -0.15) is 0 Å². The summed E-state index contributed by atoms with van der Waals surface area (Å²) in [6.45, 7) is 16.3. The van der Waals surface area contributed by atoms with Crippen LogP contribution in [0.25, 0.3) is 0 Å². The maximum absolute atomic E-state index is 5.46. The van der Waals surface area contributed by atoms with Gasteiger partial charge in [0, 0.05) is 26.4 Å². The van der Waals surface area contributed by atoms with Crippen LogP contribution in [0.2, 0.25) is 0 Å². The zero-order valence-corrected chi connectivity index (χ0v) is 15.0. The van der Waals surface area contributed by atoms with Crippen LogP contribution in [0, 0.1) is 11.8 Å². The summed E-state index contributed by atoms with van der Waals surface area (Å²) in [4.78, 5) is 0. The van der Waals surface area contributed by atoms with E-state index in [1.54, 1.807) is 0 Å². The minimum atomic E-state index is 0.813. The third-order valence-corrected chi connectivity index (χ3v) is 3.08. The van der Waals surface area contributed by atoms with E-state index in [4.69, 9.17) is 9.47 Å². The van der Waals surface area contributed by atoms with Crippen LogP contribution in [0.4, 0.5) is 0 Å². The van der Waals surface area contributed by atoms with E-state index in [1.165, 1.54) is 38.5 Å². The van der Waals surface area contributed by atoms with E-state index < -0.39 is 0 Å². The van der Waals surface area contributed by atoms with E-state index >= 15 is 0 Å². The number of hydrogen-bond acceptors (Lipinski definition) is 2. The second-order valence-corrected chi connectivity index (χ2v) is 5.62. The Morgan fingerprint density at radius 3 is 1.05 bits per heavy atom. The van der Waals surface area contributed by atoms with Crippen molar-refractivity contribution in [3.05, 3.63) is 0 Å². The maximum atomic E-state index is 5.46. The zero-order valence-electron chi connectivity index (χ0n) is 15.0. The zero-order chi connectivity index (χ0) is 15.6. The summed E-state index contributed by atoms with van der Waals surface area (Å²) in [6, 6.07) is 0. The Morgan fingerprint density at radius 2 is 0.850 bits per heavy atom. The van der Waals surface area contributed by atoms with Gasteiger partial charge in [-0.1, -0.05) is 40.5 Å². The highest BCUT2D eigenvalue weighted by molar-refractivity contribution is 4.72. The average molecular weight is 289 g/mol. The van der Waals surface area contributed by atoms with Gasteiger partial charge in [0.05, 0.1) is 0 Å². The van der Waals surface area contributed by atoms with Crippen LogP contribution in [-0.2, 0) is 9.47 Å². The summed E-state index contributed by atoms with van der Waals surface area (Å²) in [5.41, 5.74) is 0. The topological polar surface area (TPSA) is 18.5 Å². The summed E-state index contributed by atoms with van der Waals surface area (Å²) >= 11 is 0. The average Bonchev–Trinajstić information content (AvgIpc) is 2.46. The smallest absolute Gasteiger partial charge is 0.0494 e. The molecular weight excluding hydrogens is 248 g/mol. The van der Waals surface area contributed by atoms with Crippen LogP contribution in [0.5, 0.6) is 0 Å². The van der Waals surface area contributed by atoms with Gasteiger partial charge in [-0.25, -0.2) is 0 Å². The Bertz CT molecular complexity index is 133. The Hall–Kier alpha value is -0.0800. The normalized spacial score (nSPS) is 21.3. The molecule has 0 unspecified atom stereocenters. The molecule has 0 spiro atoms. The summed E-state index contributed by atoms with van der Waals surface area (Å²) in [5.74, 6) is 1.63. The van der Waals surface area contributed by atoms with Crippen LogP contribution >= 0.6 is 0 Å². The molecule has 0 heterocycles. The Kier molecular flexibility index (Phi) is 21.0. The molecule has 0 saturated heterocycles. The summed E-state index contributed by atoms with van der Waals surface area (Å²) in [7, 11) is 0. The van der Waals surface area contributed by atoms with Crippen molar-refractivity contribution in [1.82, 2.24) is 0 Å². The van der Waals surface area contributed by atoms with E-state index in [2.05, 4.69) is 41.5 Å². The molecule has 0 aliphatic heterocycles. The van der Waals surface area contributed by atoms with Crippen molar-refractivity contribution < 1.29 is 9.47 Å². The van der Waals surface area contributed by atoms with Crippen molar-refractivity contribution in [2.24, 2.45) is 11.8 Å². The van der Waals surface area contributed by atoms with Crippen molar-refractivity contribution in [3.8, 4) is 0 Å². The van der Waals surface area contributed by atoms with Crippen LogP contribution in [0.15, 0.2) is 0 Å². The lowest BCUT2D eigenvalue weighted by molar-refractivity contribution is 0.0573. The summed E-state index contributed by atoms with van der Waals surface area (Å²) in [6.07, 6.45) is 7.82. The Morgan fingerprint density at radius 1 is 0.600 bits per heavy atom. The van der Waals surface area contributed by atoms with E-state index in [-0.39, 0.29) is 0 Å². The standard InChI is InChI=1S/C12H24O2.2C3H8/c1-3-13-9-11-5-7-12(8-6-11)10-14-4-2;2*1-3-2/h11-12H,3-10H2,1-2H3;2*3H2,1-2H3. The van der Waals surface area contributed by atoms with Gasteiger partial charge in [0.2, 0.25) is 0 Å². The first-order chi connectivity index (χ1) is 9.69. The second-order valence-electron chi connectivity index (χ2n) is 5.62. The van der Waals surface area contributed by atoms with Crippen LogP contribution in [0.1, 0.15) is 80.1 Å². The van der Waals surface area contributed by atoms with Gasteiger partial charge in [-0.3, -0.25) is 0 Å². The number of rotatable bonds is 6. The second kappa shape index (κ2) is 18.9. The first kappa shape index (κ1) is 22.2. The molecule has 0 aromatic heterocycles. The van der Waals surface area contributed by atoms with Crippen molar-refractivity contribution in [3.63, 3.8) is 0 Å². The molecule has 124 valence electrons. The third-order valence-electron chi connectivity index (χ3n) is 3.08. The first-order valence-corrected chi connectivity index (χ1v) is 8.85. The number of hydrogen-bond donors (Lipinski definition) is 0. The minimum Gasteiger partial charge on any atom is -0.381 e. The largest absolute Gasteiger partial charge is 0.381 e. The molecule has 0 N–H and O–H groups in total. The van der Waals surface area contributed by atoms with E-state index in [9.17, 15) is 0 Å². The van der Waals surface area contributed by atoms with Crippen molar-refractivity contribution in [2.45, 2.75) is 80.1 Å². The van der Waals surface area contributed by atoms with E-state index in [1.807, 2.05) is 0 Å². The fraction of sp³-hybridized carbons (Fsp3) is 1.00. The molecule has 1 rings (SSSR count). The molecule has 0 radical (unpaired) electrons. The fourth-order valence-corrected chi connectivity index (χ4v) is 2.13. The van der Waals surface area contributed by atoms with Crippen LogP contribution in [0.3, 0.4) is 0 Å².